The van der Waals surface area contributed by atoms with Crippen LogP contribution in [0.1, 0.15) is 43.7 Å². The number of amides is 1. The zero-order valence-electron chi connectivity index (χ0n) is 16.9. The molecular weight excluding hydrogens is 471 g/mol. The number of benzene rings is 1. The fourth-order valence-corrected chi connectivity index (χ4v) is 4.10. The number of nitrogens with one attached hydrogen (secondary N) is 2. The van der Waals surface area contributed by atoms with Gasteiger partial charge >= 0.3 is 0 Å². The summed E-state index contributed by atoms with van der Waals surface area (Å²) in [5.41, 5.74) is 2.56. The Morgan fingerprint density at radius 1 is 1.37 bits per heavy atom. The highest BCUT2D eigenvalue weighted by molar-refractivity contribution is 14.0. The zero-order chi connectivity index (χ0) is 18.9. The molecule has 0 aromatic heterocycles. The van der Waals surface area contributed by atoms with Gasteiger partial charge in [0.05, 0.1) is 0 Å². The van der Waals surface area contributed by atoms with Gasteiger partial charge in [-0.05, 0) is 49.6 Å². The minimum atomic E-state index is 0. The van der Waals surface area contributed by atoms with Crippen molar-refractivity contribution in [3.63, 3.8) is 0 Å². The first-order chi connectivity index (χ1) is 12.6. The molecule has 1 fully saturated rings. The Labute approximate surface area is 185 Å². The van der Waals surface area contributed by atoms with Crippen molar-refractivity contribution in [2.75, 3.05) is 26.4 Å². The lowest BCUT2D eigenvalue weighted by Gasteiger charge is -2.27. The Morgan fingerprint density at radius 2 is 2.15 bits per heavy atom. The lowest BCUT2D eigenvalue weighted by atomic mass is 10.1. The number of nitrogens with zero attached hydrogens (tertiary/aromatic N) is 2. The third-order valence-corrected chi connectivity index (χ3v) is 5.72. The summed E-state index contributed by atoms with van der Waals surface area (Å²) < 4.78 is 0. The van der Waals surface area contributed by atoms with Crippen LogP contribution in [0.25, 0.3) is 0 Å². The van der Waals surface area contributed by atoms with Gasteiger partial charge in [-0.15, -0.1) is 35.7 Å². The number of likely N-dealkylation sites (tertiary alicyclic amines) is 1. The molecule has 1 aliphatic heterocycles. The first-order valence-corrected chi connectivity index (χ1v) is 10.7. The number of hydrogen-bond donors (Lipinski definition) is 2. The van der Waals surface area contributed by atoms with Crippen molar-refractivity contribution in [1.82, 2.24) is 15.5 Å². The number of halogens is 1. The standard InChI is InChI=1S/C20H32N4OS.HI/c1-5-17(24-12-6-7-19(24)25)10-11-22-20(21-3)23-14-16-9-8-15(2)13-18(16)26-4;/h8-9,13,17H,5-7,10-12,14H2,1-4H3,(H2,21,22,23);1H. The first-order valence-electron chi connectivity index (χ1n) is 9.46. The molecule has 152 valence electrons. The van der Waals surface area contributed by atoms with Gasteiger partial charge in [0.1, 0.15) is 0 Å². The van der Waals surface area contributed by atoms with Crippen LogP contribution < -0.4 is 10.6 Å². The molecule has 1 heterocycles. The lowest BCUT2D eigenvalue weighted by molar-refractivity contribution is -0.129. The van der Waals surface area contributed by atoms with Gasteiger partial charge in [0.15, 0.2) is 5.96 Å². The average Bonchev–Trinajstić information content (AvgIpc) is 3.07. The van der Waals surface area contributed by atoms with Crippen LogP contribution in [-0.2, 0) is 11.3 Å². The fraction of sp³-hybridized carbons (Fsp3) is 0.600. The number of guanidine groups is 1. The highest BCUT2D eigenvalue weighted by Gasteiger charge is 2.26. The second-order valence-corrected chi connectivity index (χ2v) is 7.56. The van der Waals surface area contributed by atoms with E-state index in [4.69, 9.17) is 0 Å². The van der Waals surface area contributed by atoms with Crippen LogP contribution in [0.15, 0.2) is 28.1 Å². The van der Waals surface area contributed by atoms with E-state index >= 15 is 0 Å². The van der Waals surface area contributed by atoms with Crippen LogP contribution in [0, 0.1) is 6.92 Å². The van der Waals surface area contributed by atoms with Crippen LogP contribution in [0.2, 0.25) is 0 Å². The van der Waals surface area contributed by atoms with E-state index < -0.39 is 0 Å². The van der Waals surface area contributed by atoms with E-state index in [0.717, 1.165) is 44.9 Å². The molecular formula is C20H33IN4OS. The molecule has 27 heavy (non-hydrogen) atoms. The number of hydrogen-bond acceptors (Lipinski definition) is 3. The van der Waals surface area contributed by atoms with Crippen LogP contribution in [0.3, 0.4) is 0 Å². The van der Waals surface area contributed by atoms with Gasteiger partial charge in [-0.25, -0.2) is 0 Å². The molecule has 5 nitrogen and oxygen atoms in total. The largest absolute Gasteiger partial charge is 0.356 e. The zero-order valence-corrected chi connectivity index (χ0v) is 20.0. The molecule has 0 spiro atoms. The third kappa shape index (κ3) is 7.18. The summed E-state index contributed by atoms with van der Waals surface area (Å²) >= 11 is 1.77. The number of aliphatic imine (C=N–C) groups is 1. The molecule has 1 saturated heterocycles. The van der Waals surface area contributed by atoms with E-state index in [-0.39, 0.29) is 24.0 Å². The molecule has 1 amide bonds. The molecule has 2 N–H and O–H groups in total. The Balaban J connectivity index is 0.00000364. The smallest absolute Gasteiger partial charge is 0.222 e. The van der Waals surface area contributed by atoms with Crippen molar-refractivity contribution in [2.45, 2.75) is 57.0 Å². The summed E-state index contributed by atoms with van der Waals surface area (Å²) in [6.07, 6.45) is 5.76. The van der Waals surface area contributed by atoms with E-state index in [2.05, 4.69) is 58.8 Å². The van der Waals surface area contributed by atoms with Crippen molar-refractivity contribution in [3.05, 3.63) is 29.3 Å². The average molecular weight is 504 g/mol. The minimum Gasteiger partial charge on any atom is -0.356 e. The SMILES string of the molecule is CCC(CCNC(=NC)NCc1ccc(C)cc1SC)N1CCCC1=O.I. The quantitative estimate of drug-likeness (QED) is 0.245. The molecule has 7 heteroatoms. The molecule has 1 aromatic carbocycles. The molecule has 1 aromatic rings. The number of carbonyl (C=O) groups excluding carboxylic acids is 1. The van der Waals surface area contributed by atoms with E-state index in [1.54, 1.807) is 18.8 Å². The topological polar surface area (TPSA) is 56.7 Å². The van der Waals surface area contributed by atoms with E-state index in [0.29, 0.717) is 18.4 Å². The predicted molar refractivity (Wildman–Crippen MR) is 126 cm³/mol. The van der Waals surface area contributed by atoms with Gasteiger partial charge in [-0.1, -0.05) is 19.1 Å². The summed E-state index contributed by atoms with van der Waals surface area (Å²) in [7, 11) is 1.79. The van der Waals surface area contributed by atoms with Gasteiger partial charge in [-0.2, -0.15) is 0 Å². The third-order valence-electron chi connectivity index (χ3n) is 4.90. The number of rotatable bonds is 8. The highest BCUT2D eigenvalue weighted by atomic mass is 127. The lowest BCUT2D eigenvalue weighted by Crippen LogP contribution is -2.41. The predicted octanol–water partition coefficient (Wildman–Crippen LogP) is 3.79. The van der Waals surface area contributed by atoms with Gasteiger partial charge < -0.3 is 15.5 Å². The maximum atomic E-state index is 11.9. The molecule has 1 aliphatic rings. The molecule has 0 aliphatic carbocycles. The first kappa shape index (κ1) is 24.1. The van der Waals surface area contributed by atoms with Crippen molar-refractivity contribution >= 4 is 47.6 Å². The Bertz CT molecular complexity index is 638. The molecule has 0 radical (unpaired) electrons. The second kappa shape index (κ2) is 12.5. The van der Waals surface area contributed by atoms with E-state index in [9.17, 15) is 4.79 Å². The van der Waals surface area contributed by atoms with E-state index in [1.165, 1.54) is 16.0 Å². The maximum absolute atomic E-state index is 11.9. The molecule has 1 unspecified atom stereocenters. The van der Waals surface area contributed by atoms with Crippen LogP contribution in [-0.4, -0.2) is 49.2 Å². The Kier molecular flexibility index (Phi) is 11.1. The number of aryl methyl sites for hydroxylation is 1. The van der Waals surface area contributed by atoms with Crippen molar-refractivity contribution in [1.29, 1.82) is 0 Å². The van der Waals surface area contributed by atoms with Crippen molar-refractivity contribution < 1.29 is 4.79 Å². The molecule has 0 saturated carbocycles. The van der Waals surface area contributed by atoms with Gasteiger partial charge in [0.2, 0.25) is 5.91 Å². The number of thioether (sulfide) groups is 1. The van der Waals surface area contributed by atoms with Crippen LogP contribution >= 0.6 is 35.7 Å². The summed E-state index contributed by atoms with van der Waals surface area (Å²) in [6, 6.07) is 6.87. The van der Waals surface area contributed by atoms with Crippen LogP contribution in [0.5, 0.6) is 0 Å². The van der Waals surface area contributed by atoms with Gasteiger partial charge in [0.25, 0.3) is 0 Å². The molecule has 1 atom stereocenters. The van der Waals surface area contributed by atoms with Gasteiger partial charge in [0, 0.05) is 44.0 Å². The Hall–Kier alpha value is -0.960. The van der Waals surface area contributed by atoms with Crippen LogP contribution in [0.4, 0.5) is 0 Å². The maximum Gasteiger partial charge on any atom is 0.222 e. The summed E-state index contributed by atoms with van der Waals surface area (Å²) in [4.78, 5) is 19.6. The summed E-state index contributed by atoms with van der Waals surface area (Å²) in [5.74, 6) is 1.11. The molecule has 2 rings (SSSR count). The fourth-order valence-electron chi connectivity index (χ4n) is 3.39. The number of carbonyl (C=O) groups is 1. The van der Waals surface area contributed by atoms with Gasteiger partial charge in [-0.3, -0.25) is 9.79 Å². The second-order valence-electron chi connectivity index (χ2n) is 6.71. The summed E-state index contributed by atoms with van der Waals surface area (Å²) in [6.45, 7) is 6.75. The van der Waals surface area contributed by atoms with E-state index in [1.807, 2.05) is 0 Å². The molecule has 0 bridgehead atoms. The minimum absolute atomic E-state index is 0. The highest BCUT2D eigenvalue weighted by Crippen LogP contribution is 2.21. The van der Waals surface area contributed by atoms with Crippen molar-refractivity contribution in [3.8, 4) is 0 Å². The van der Waals surface area contributed by atoms with Crippen molar-refractivity contribution in [2.24, 2.45) is 4.99 Å². The normalized spacial score (nSPS) is 15.5. The summed E-state index contributed by atoms with van der Waals surface area (Å²) in [5, 5.41) is 6.78. The Morgan fingerprint density at radius 3 is 2.74 bits per heavy atom. The monoisotopic (exact) mass is 504 g/mol.